The lowest BCUT2D eigenvalue weighted by molar-refractivity contribution is 0.0942. The third kappa shape index (κ3) is 3.79. The molecule has 160 valence electrons. The van der Waals surface area contributed by atoms with E-state index in [0.717, 1.165) is 16.5 Å². The van der Waals surface area contributed by atoms with E-state index < -0.39 is 9.84 Å². The number of halogens is 1. The standard InChI is InChI=1S/C22H21BrN4O3S/c1-14-20(31(29,30)18-9-5-8-17(23)10-18)11-19(26(14)2)22(28)24-12-15-6-4-7-16-13-25-27(3)21(15)16/h4-11,13H,12H2,1-3H3,(H,24,28). The summed E-state index contributed by atoms with van der Waals surface area (Å²) in [6, 6.07) is 13.8. The summed E-state index contributed by atoms with van der Waals surface area (Å²) in [5.41, 5.74) is 2.66. The Morgan fingerprint density at radius 1 is 1.13 bits per heavy atom. The third-order valence-corrected chi connectivity index (χ3v) is 7.76. The average Bonchev–Trinajstić information content (AvgIpc) is 3.27. The number of hydrogen-bond donors (Lipinski definition) is 1. The Labute approximate surface area is 188 Å². The van der Waals surface area contributed by atoms with Crippen molar-refractivity contribution in [2.45, 2.75) is 23.3 Å². The normalized spacial score (nSPS) is 11.7. The molecule has 2 aromatic heterocycles. The van der Waals surface area contributed by atoms with Crippen LogP contribution in [0.15, 0.2) is 69.0 Å². The number of sulfone groups is 1. The topological polar surface area (TPSA) is 86.0 Å². The minimum atomic E-state index is -3.76. The van der Waals surface area contributed by atoms with Crippen LogP contribution in [-0.2, 0) is 30.5 Å². The number of nitrogens with one attached hydrogen (secondary N) is 1. The molecule has 4 aromatic rings. The molecule has 1 amide bonds. The number of aromatic nitrogens is 3. The molecule has 2 heterocycles. The lowest BCUT2D eigenvalue weighted by Crippen LogP contribution is -2.25. The van der Waals surface area contributed by atoms with E-state index in [-0.39, 0.29) is 21.4 Å². The number of hydrogen-bond acceptors (Lipinski definition) is 4. The van der Waals surface area contributed by atoms with E-state index in [0.29, 0.717) is 16.7 Å². The molecule has 2 aromatic carbocycles. The summed E-state index contributed by atoms with van der Waals surface area (Å²) >= 11 is 3.31. The molecule has 1 N–H and O–H groups in total. The number of carbonyl (C=O) groups is 1. The second kappa shape index (κ2) is 7.97. The summed E-state index contributed by atoms with van der Waals surface area (Å²) in [6.07, 6.45) is 1.78. The monoisotopic (exact) mass is 500 g/mol. The van der Waals surface area contributed by atoms with Crippen LogP contribution in [0.1, 0.15) is 21.7 Å². The molecular weight excluding hydrogens is 480 g/mol. The van der Waals surface area contributed by atoms with E-state index in [4.69, 9.17) is 0 Å². The molecule has 0 saturated carbocycles. The molecule has 9 heteroatoms. The molecule has 0 fully saturated rings. The van der Waals surface area contributed by atoms with Crippen molar-refractivity contribution in [3.05, 3.63) is 76.2 Å². The molecule has 0 spiro atoms. The van der Waals surface area contributed by atoms with Crippen LogP contribution in [0, 0.1) is 6.92 Å². The van der Waals surface area contributed by atoms with Gasteiger partial charge in [0, 0.05) is 36.2 Å². The van der Waals surface area contributed by atoms with E-state index >= 15 is 0 Å². The van der Waals surface area contributed by atoms with E-state index in [1.165, 1.54) is 6.07 Å². The largest absolute Gasteiger partial charge is 0.347 e. The fourth-order valence-corrected chi connectivity index (χ4v) is 5.78. The second-order valence-corrected chi connectivity index (χ2v) is 10.1. The van der Waals surface area contributed by atoms with Crippen molar-refractivity contribution in [1.29, 1.82) is 0 Å². The maximum absolute atomic E-state index is 13.2. The van der Waals surface area contributed by atoms with E-state index in [1.807, 2.05) is 25.2 Å². The number of aryl methyl sites for hydroxylation is 1. The van der Waals surface area contributed by atoms with Crippen LogP contribution in [0.25, 0.3) is 10.9 Å². The van der Waals surface area contributed by atoms with Gasteiger partial charge in [-0.2, -0.15) is 5.10 Å². The van der Waals surface area contributed by atoms with Crippen molar-refractivity contribution in [3.63, 3.8) is 0 Å². The quantitative estimate of drug-likeness (QED) is 0.452. The third-order valence-electron chi connectivity index (χ3n) is 5.40. The zero-order valence-electron chi connectivity index (χ0n) is 17.3. The highest BCUT2D eigenvalue weighted by atomic mass is 79.9. The SMILES string of the molecule is Cc1c(S(=O)(=O)c2cccc(Br)c2)cc(C(=O)NCc2cccc3cnn(C)c23)n1C. The van der Waals surface area contributed by atoms with Gasteiger partial charge < -0.3 is 9.88 Å². The van der Waals surface area contributed by atoms with Crippen LogP contribution in [0.5, 0.6) is 0 Å². The number of rotatable bonds is 5. The van der Waals surface area contributed by atoms with Crippen LogP contribution >= 0.6 is 15.9 Å². The van der Waals surface area contributed by atoms with Crippen molar-refractivity contribution in [2.75, 3.05) is 0 Å². The smallest absolute Gasteiger partial charge is 0.268 e. The first-order valence-corrected chi connectivity index (χ1v) is 11.8. The molecule has 0 saturated heterocycles. The molecule has 4 rings (SSSR count). The molecule has 0 radical (unpaired) electrons. The van der Waals surface area contributed by atoms with Crippen LogP contribution in [0.3, 0.4) is 0 Å². The van der Waals surface area contributed by atoms with E-state index in [2.05, 4.69) is 26.3 Å². The summed E-state index contributed by atoms with van der Waals surface area (Å²) in [4.78, 5) is 13.2. The van der Waals surface area contributed by atoms with Gasteiger partial charge in [0.05, 0.1) is 21.5 Å². The number of para-hydroxylation sites is 1. The van der Waals surface area contributed by atoms with Crippen LogP contribution in [0.2, 0.25) is 0 Å². The van der Waals surface area contributed by atoms with Gasteiger partial charge in [-0.05, 0) is 36.8 Å². The van der Waals surface area contributed by atoms with Gasteiger partial charge in [-0.15, -0.1) is 0 Å². The lowest BCUT2D eigenvalue weighted by atomic mass is 10.1. The Balaban J connectivity index is 1.63. The number of fused-ring (bicyclic) bond motifs is 1. The summed E-state index contributed by atoms with van der Waals surface area (Å²) in [5, 5.41) is 8.16. The maximum Gasteiger partial charge on any atom is 0.268 e. The molecule has 0 atom stereocenters. The zero-order chi connectivity index (χ0) is 22.3. The Hall–Kier alpha value is -2.91. The predicted molar refractivity (Wildman–Crippen MR) is 122 cm³/mol. The molecular formula is C22H21BrN4O3S. The van der Waals surface area contributed by atoms with Gasteiger partial charge in [-0.25, -0.2) is 8.42 Å². The van der Waals surface area contributed by atoms with E-state index in [9.17, 15) is 13.2 Å². The first-order valence-electron chi connectivity index (χ1n) is 9.55. The minimum Gasteiger partial charge on any atom is -0.347 e. The summed E-state index contributed by atoms with van der Waals surface area (Å²) in [6.45, 7) is 1.99. The molecule has 31 heavy (non-hydrogen) atoms. The molecule has 0 aliphatic carbocycles. The van der Waals surface area contributed by atoms with Crippen LogP contribution < -0.4 is 5.32 Å². The molecule has 0 unspecified atom stereocenters. The molecule has 0 aliphatic heterocycles. The Morgan fingerprint density at radius 2 is 1.87 bits per heavy atom. The van der Waals surface area contributed by atoms with Gasteiger partial charge in [0.15, 0.2) is 0 Å². The van der Waals surface area contributed by atoms with Gasteiger partial charge in [0.2, 0.25) is 9.84 Å². The van der Waals surface area contributed by atoms with Crippen molar-refractivity contribution < 1.29 is 13.2 Å². The fraction of sp³-hybridized carbons (Fsp3) is 0.182. The second-order valence-electron chi connectivity index (χ2n) is 7.30. The highest BCUT2D eigenvalue weighted by Gasteiger charge is 2.26. The molecule has 0 bridgehead atoms. The number of amides is 1. The molecule has 0 aliphatic rings. The predicted octanol–water partition coefficient (Wildman–Crippen LogP) is 3.75. The zero-order valence-corrected chi connectivity index (χ0v) is 19.7. The maximum atomic E-state index is 13.2. The van der Waals surface area contributed by atoms with Gasteiger partial charge in [-0.3, -0.25) is 9.48 Å². The lowest BCUT2D eigenvalue weighted by Gasteiger charge is -2.09. The van der Waals surface area contributed by atoms with Gasteiger partial charge >= 0.3 is 0 Å². The van der Waals surface area contributed by atoms with Crippen molar-refractivity contribution in [1.82, 2.24) is 19.7 Å². The van der Waals surface area contributed by atoms with Gasteiger partial charge in [0.1, 0.15) is 5.69 Å². The fourth-order valence-electron chi connectivity index (χ4n) is 3.65. The number of nitrogens with zero attached hydrogens (tertiary/aromatic N) is 3. The first kappa shape index (κ1) is 21.3. The van der Waals surface area contributed by atoms with Crippen molar-refractivity contribution in [2.24, 2.45) is 14.1 Å². The molecule has 7 nitrogen and oxygen atoms in total. The highest BCUT2D eigenvalue weighted by Crippen LogP contribution is 2.28. The summed E-state index contributed by atoms with van der Waals surface area (Å²) in [7, 11) is -0.223. The summed E-state index contributed by atoms with van der Waals surface area (Å²) in [5.74, 6) is -0.347. The first-order chi connectivity index (χ1) is 14.7. The minimum absolute atomic E-state index is 0.118. The summed E-state index contributed by atoms with van der Waals surface area (Å²) < 4.78 is 30.3. The number of benzene rings is 2. The average molecular weight is 501 g/mol. The Kier molecular flexibility index (Phi) is 5.49. The Morgan fingerprint density at radius 3 is 2.61 bits per heavy atom. The van der Waals surface area contributed by atoms with Gasteiger partial charge in [-0.1, -0.05) is 40.2 Å². The van der Waals surface area contributed by atoms with Gasteiger partial charge in [0.25, 0.3) is 5.91 Å². The Bertz CT molecular complexity index is 1420. The number of carbonyl (C=O) groups excluding carboxylic acids is 1. The van der Waals surface area contributed by atoms with Crippen molar-refractivity contribution in [3.8, 4) is 0 Å². The van der Waals surface area contributed by atoms with Crippen LogP contribution in [0.4, 0.5) is 0 Å². The van der Waals surface area contributed by atoms with Crippen LogP contribution in [-0.4, -0.2) is 28.7 Å². The van der Waals surface area contributed by atoms with Crippen molar-refractivity contribution >= 4 is 42.6 Å². The highest BCUT2D eigenvalue weighted by molar-refractivity contribution is 9.10. The van der Waals surface area contributed by atoms with E-state index in [1.54, 1.807) is 53.7 Å².